The highest BCUT2D eigenvalue weighted by Gasteiger charge is 2.61. The summed E-state index contributed by atoms with van der Waals surface area (Å²) in [6.07, 6.45) is -8.91. The largest absolute Gasteiger partial charge is 0.409 e. The maximum atomic E-state index is 12.4. The second-order valence-electron chi connectivity index (χ2n) is 4.88. The van der Waals surface area contributed by atoms with E-state index >= 15 is 0 Å². The van der Waals surface area contributed by atoms with Crippen LogP contribution in [0.1, 0.15) is 19.3 Å². The van der Waals surface area contributed by atoms with E-state index in [4.69, 9.17) is 0 Å². The van der Waals surface area contributed by atoms with Crippen molar-refractivity contribution in [2.75, 3.05) is 20.1 Å². The Kier molecular flexibility index (Phi) is 5.28. The number of carbonyl (C=O) groups is 1. The summed E-state index contributed by atoms with van der Waals surface area (Å²) >= 11 is 0. The SMILES string of the molecule is CN(CC1CCCCN1)C(=O)C(C(F)(F)F)C(F)(F)F. The zero-order valence-electron chi connectivity index (χ0n) is 10.8. The monoisotopic (exact) mass is 306 g/mol. The smallest absolute Gasteiger partial charge is 0.343 e. The third-order valence-electron chi connectivity index (χ3n) is 3.18. The summed E-state index contributed by atoms with van der Waals surface area (Å²) in [6.45, 7) is 0.482. The van der Waals surface area contributed by atoms with Gasteiger partial charge in [-0.15, -0.1) is 0 Å². The first-order valence-electron chi connectivity index (χ1n) is 6.15. The molecule has 1 N–H and O–H groups in total. The quantitative estimate of drug-likeness (QED) is 0.812. The molecule has 0 aromatic carbocycles. The fourth-order valence-corrected chi connectivity index (χ4v) is 2.19. The first-order valence-corrected chi connectivity index (χ1v) is 6.15. The molecule has 1 aliphatic rings. The van der Waals surface area contributed by atoms with E-state index in [-0.39, 0.29) is 12.6 Å². The van der Waals surface area contributed by atoms with E-state index in [2.05, 4.69) is 5.32 Å². The molecular weight excluding hydrogens is 290 g/mol. The van der Waals surface area contributed by atoms with E-state index in [1.165, 1.54) is 0 Å². The maximum absolute atomic E-state index is 12.4. The number of piperidine rings is 1. The topological polar surface area (TPSA) is 32.3 Å². The second kappa shape index (κ2) is 6.19. The number of carbonyl (C=O) groups excluding carboxylic acids is 1. The van der Waals surface area contributed by atoms with Crippen LogP contribution >= 0.6 is 0 Å². The van der Waals surface area contributed by atoms with Gasteiger partial charge in [0.25, 0.3) is 0 Å². The summed E-state index contributed by atoms with van der Waals surface area (Å²) in [7, 11) is 0.961. The third kappa shape index (κ3) is 4.53. The van der Waals surface area contributed by atoms with E-state index in [1.807, 2.05) is 0 Å². The van der Waals surface area contributed by atoms with Crippen LogP contribution < -0.4 is 5.32 Å². The van der Waals surface area contributed by atoms with E-state index in [0.717, 1.165) is 19.9 Å². The minimum atomic E-state index is -5.64. The molecule has 0 bridgehead atoms. The van der Waals surface area contributed by atoms with Crippen LogP contribution in [0.15, 0.2) is 0 Å². The molecule has 0 aromatic heterocycles. The zero-order valence-corrected chi connectivity index (χ0v) is 10.8. The van der Waals surface area contributed by atoms with Gasteiger partial charge in [-0.2, -0.15) is 26.3 Å². The molecule has 1 aliphatic heterocycles. The molecule has 1 rings (SSSR count). The Bertz CT molecular complexity index is 321. The fraction of sp³-hybridized carbons (Fsp3) is 0.909. The molecule has 1 fully saturated rings. The van der Waals surface area contributed by atoms with E-state index in [9.17, 15) is 31.1 Å². The number of amides is 1. The predicted molar refractivity (Wildman–Crippen MR) is 58.9 cm³/mol. The number of likely N-dealkylation sites (N-methyl/N-ethyl adjacent to an activating group) is 1. The van der Waals surface area contributed by atoms with Crippen LogP contribution in [0.25, 0.3) is 0 Å². The Morgan fingerprint density at radius 3 is 2.15 bits per heavy atom. The Morgan fingerprint density at radius 1 is 1.20 bits per heavy atom. The van der Waals surface area contributed by atoms with Gasteiger partial charge in [-0.1, -0.05) is 6.42 Å². The normalized spacial score (nSPS) is 21.1. The van der Waals surface area contributed by atoms with Crippen molar-refractivity contribution >= 4 is 5.91 Å². The van der Waals surface area contributed by atoms with Crippen molar-refractivity contribution in [1.82, 2.24) is 10.2 Å². The fourth-order valence-electron chi connectivity index (χ4n) is 2.19. The van der Waals surface area contributed by atoms with E-state index in [0.29, 0.717) is 17.9 Å². The number of nitrogens with one attached hydrogen (secondary N) is 1. The summed E-state index contributed by atoms with van der Waals surface area (Å²) in [4.78, 5) is 12.0. The van der Waals surface area contributed by atoms with Crippen LogP contribution in [0.5, 0.6) is 0 Å². The van der Waals surface area contributed by atoms with Crippen LogP contribution in [0.4, 0.5) is 26.3 Å². The first-order chi connectivity index (χ1) is 9.03. The van der Waals surface area contributed by atoms with Gasteiger partial charge in [-0.25, -0.2) is 0 Å². The maximum Gasteiger partial charge on any atom is 0.409 e. The van der Waals surface area contributed by atoms with Crippen molar-refractivity contribution in [3.8, 4) is 0 Å². The molecule has 0 spiro atoms. The lowest BCUT2D eigenvalue weighted by Gasteiger charge is -2.31. The van der Waals surface area contributed by atoms with Crippen molar-refractivity contribution in [3.05, 3.63) is 0 Å². The lowest BCUT2D eigenvalue weighted by molar-refractivity contribution is -0.277. The van der Waals surface area contributed by atoms with Gasteiger partial charge in [0, 0.05) is 19.6 Å². The molecule has 1 saturated heterocycles. The lowest BCUT2D eigenvalue weighted by Crippen LogP contribution is -2.52. The van der Waals surface area contributed by atoms with Crippen LogP contribution in [-0.2, 0) is 4.79 Å². The second-order valence-corrected chi connectivity index (χ2v) is 4.88. The summed E-state index contributed by atoms with van der Waals surface area (Å²) in [5.41, 5.74) is 0. The van der Waals surface area contributed by atoms with Crippen LogP contribution in [0.2, 0.25) is 0 Å². The summed E-state index contributed by atoms with van der Waals surface area (Å²) in [5.74, 6) is -5.92. The summed E-state index contributed by atoms with van der Waals surface area (Å²) < 4.78 is 74.5. The minimum absolute atomic E-state index is 0.165. The Balaban J connectivity index is 2.73. The molecule has 0 aliphatic carbocycles. The molecule has 1 heterocycles. The minimum Gasteiger partial charge on any atom is -0.343 e. The number of alkyl halides is 6. The van der Waals surface area contributed by atoms with E-state index in [1.54, 1.807) is 0 Å². The Hall–Kier alpha value is -0.990. The molecule has 0 saturated carbocycles. The molecule has 1 atom stereocenters. The first kappa shape index (κ1) is 17.1. The number of halogens is 6. The van der Waals surface area contributed by atoms with Gasteiger partial charge >= 0.3 is 12.4 Å². The van der Waals surface area contributed by atoms with Gasteiger partial charge < -0.3 is 10.2 Å². The summed E-state index contributed by atoms with van der Waals surface area (Å²) in [6, 6.07) is -0.264. The third-order valence-corrected chi connectivity index (χ3v) is 3.18. The molecule has 20 heavy (non-hydrogen) atoms. The van der Waals surface area contributed by atoms with Gasteiger partial charge in [0.1, 0.15) is 0 Å². The highest BCUT2D eigenvalue weighted by atomic mass is 19.4. The predicted octanol–water partition coefficient (Wildman–Crippen LogP) is 2.33. The van der Waals surface area contributed by atoms with Gasteiger partial charge in [-0.05, 0) is 19.4 Å². The highest BCUT2D eigenvalue weighted by Crippen LogP contribution is 2.40. The number of rotatable bonds is 3. The zero-order chi connectivity index (χ0) is 15.6. The van der Waals surface area contributed by atoms with Crippen molar-refractivity contribution in [3.63, 3.8) is 0 Å². The Labute approximate surface area is 112 Å². The number of hydrogen-bond donors (Lipinski definition) is 1. The average Bonchev–Trinajstić information content (AvgIpc) is 2.26. The van der Waals surface area contributed by atoms with Crippen LogP contribution in [-0.4, -0.2) is 49.3 Å². The molecule has 1 unspecified atom stereocenters. The lowest BCUT2D eigenvalue weighted by atomic mass is 10.0. The standard InChI is InChI=1S/C11H16F6N2O/c1-19(6-7-4-2-3-5-18-7)9(20)8(10(12,13)14)11(15,16)17/h7-8,18H,2-6H2,1H3. The highest BCUT2D eigenvalue weighted by molar-refractivity contribution is 5.80. The molecular formula is C11H16F6N2O. The van der Waals surface area contributed by atoms with Gasteiger partial charge in [0.05, 0.1) is 0 Å². The molecule has 0 aromatic rings. The average molecular weight is 306 g/mol. The van der Waals surface area contributed by atoms with Crippen molar-refractivity contribution in [2.24, 2.45) is 5.92 Å². The van der Waals surface area contributed by atoms with E-state index < -0.39 is 24.2 Å². The molecule has 3 nitrogen and oxygen atoms in total. The number of nitrogens with zero attached hydrogens (tertiary/aromatic N) is 1. The van der Waals surface area contributed by atoms with Crippen molar-refractivity contribution < 1.29 is 31.1 Å². The molecule has 0 radical (unpaired) electrons. The summed E-state index contributed by atoms with van der Waals surface area (Å²) in [5, 5.41) is 2.96. The van der Waals surface area contributed by atoms with Gasteiger partial charge in [0.2, 0.25) is 11.8 Å². The van der Waals surface area contributed by atoms with Crippen LogP contribution in [0, 0.1) is 5.92 Å². The van der Waals surface area contributed by atoms with Crippen LogP contribution in [0.3, 0.4) is 0 Å². The van der Waals surface area contributed by atoms with Gasteiger partial charge in [0.15, 0.2) is 0 Å². The number of hydrogen-bond acceptors (Lipinski definition) is 2. The van der Waals surface area contributed by atoms with Crippen molar-refractivity contribution in [1.29, 1.82) is 0 Å². The molecule has 9 heteroatoms. The molecule has 1 amide bonds. The van der Waals surface area contributed by atoms with Gasteiger partial charge in [-0.3, -0.25) is 4.79 Å². The van der Waals surface area contributed by atoms with Crippen molar-refractivity contribution in [2.45, 2.75) is 37.7 Å². The Morgan fingerprint density at radius 2 is 1.75 bits per heavy atom. The molecule has 118 valence electrons.